The molecule has 0 unspecified atom stereocenters. The van der Waals surface area contributed by atoms with Crippen LogP contribution in [0.1, 0.15) is 27.0 Å². The van der Waals surface area contributed by atoms with Gasteiger partial charge in [-0.2, -0.15) is 0 Å². The van der Waals surface area contributed by atoms with E-state index in [2.05, 4.69) is 18.2 Å². The van der Waals surface area contributed by atoms with E-state index < -0.39 is 5.97 Å². The van der Waals surface area contributed by atoms with E-state index in [1.165, 1.54) is 11.1 Å². The summed E-state index contributed by atoms with van der Waals surface area (Å²) in [5.41, 5.74) is 5.59. The first-order valence-corrected chi connectivity index (χ1v) is 6.66. The molecule has 0 radical (unpaired) electrons. The van der Waals surface area contributed by atoms with Gasteiger partial charge in [0.05, 0.1) is 6.61 Å². The highest BCUT2D eigenvalue weighted by molar-refractivity contribution is 5.93. The lowest BCUT2D eigenvalue weighted by Gasteiger charge is -2.10. The molecule has 1 aliphatic rings. The Morgan fingerprint density at radius 1 is 1.05 bits per heavy atom. The summed E-state index contributed by atoms with van der Waals surface area (Å²) >= 11 is 0. The first kappa shape index (κ1) is 12.7. The number of aryl methyl sites for hydroxylation is 2. The van der Waals surface area contributed by atoms with E-state index in [0.29, 0.717) is 12.4 Å². The van der Waals surface area contributed by atoms with Crippen molar-refractivity contribution in [2.24, 2.45) is 0 Å². The number of ether oxygens (including phenoxy) is 1. The molecule has 3 heteroatoms. The first-order valence-electron chi connectivity index (χ1n) is 6.66. The summed E-state index contributed by atoms with van der Waals surface area (Å²) < 4.78 is 5.45. The van der Waals surface area contributed by atoms with Crippen molar-refractivity contribution in [3.05, 3.63) is 52.6 Å². The number of hydrogen-bond acceptors (Lipinski definition) is 2. The predicted molar refractivity (Wildman–Crippen MR) is 77.5 cm³/mol. The molecule has 2 aromatic carbocycles. The highest BCUT2D eigenvalue weighted by Crippen LogP contribution is 2.35. The van der Waals surface area contributed by atoms with Gasteiger partial charge in [-0.1, -0.05) is 29.3 Å². The standard InChI is InChI=1S/C17H16O3/c1-10-5-11(2)7-13(6-10)14-8-12-3-4-20-16(12)15(9-14)17(18)19/h5-9H,3-4H2,1-2H3,(H,18,19). The largest absolute Gasteiger partial charge is 0.492 e. The Bertz CT molecular complexity index is 681. The third kappa shape index (κ3) is 2.16. The Morgan fingerprint density at radius 3 is 2.35 bits per heavy atom. The zero-order chi connectivity index (χ0) is 14.3. The van der Waals surface area contributed by atoms with Crippen LogP contribution in [0.25, 0.3) is 11.1 Å². The van der Waals surface area contributed by atoms with Gasteiger partial charge in [0.1, 0.15) is 11.3 Å². The van der Waals surface area contributed by atoms with Crippen LogP contribution in [0, 0.1) is 13.8 Å². The average Bonchev–Trinajstić information content (AvgIpc) is 2.84. The Morgan fingerprint density at radius 2 is 1.70 bits per heavy atom. The summed E-state index contributed by atoms with van der Waals surface area (Å²) in [5.74, 6) is -0.403. The summed E-state index contributed by atoms with van der Waals surface area (Å²) in [7, 11) is 0. The molecule has 0 aliphatic carbocycles. The lowest BCUT2D eigenvalue weighted by Crippen LogP contribution is -2.00. The molecule has 0 spiro atoms. The first-order chi connectivity index (χ1) is 9.54. The number of benzene rings is 2. The molecule has 2 aromatic rings. The number of hydrogen-bond donors (Lipinski definition) is 1. The summed E-state index contributed by atoms with van der Waals surface area (Å²) in [6.45, 7) is 4.65. The highest BCUT2D eigenvalue weighted by atomic mass is 16.5. The molecule has 0 saturated carbocycles. The number of rotatable bonds is 2. The van der Waals surface area contributed by atoms with E-state index in [4.69, 9.17) is 4.74 Å². The minimum Gasteiger partial charge on any atom is -0.492 e. The summed E-state index contributed by atoms with van der Waals surface area (Å²) in [6, 6.07) is 10.0. The van der Waals surface area contributed by atoms with Crippen molar-refractivity contribution in [2.75, 3.05) is 6.61 Å². The van der Waals surface area contributed by atoms with Crippen LogP contribution >= 0.6 is 0 Å². The van der Waals surface area contributed by atoms with Crippen molar-refractivity contribution in [1.82, 2.24) is 0 Å². The second-order valence-electron chi connectivity index (χ2n) is 5.29. The van der Waals surface area contributed by atoms with Crippen LogP contribution in [0.4, 0.5) is 0 Å². The summed E-state index contributed by atoms with van der Waals surface area (Å²) in [6.07, 6.45) is 0.772. The molecule has 20 heavy (non-hydrogen) atoms. The third-order valence-corrected chi connectivity index (χ3v) is 3.57. The molecule has 0 bridgehead atoms. The summed E-state index contributed by atoms with van der Waals surface area (Å²) in [5, 5.41) is 9.35. The molecular weight excluding hydrogens is 252 g/mol. The maximum Gasteiger partial charge on any atom is 0.339 e. The van der Waals surface area contributed by atoms with Gasteiger partial charge in [-0.05, 0) is 42.7 Å². The molecular formula is C17H16O3. The lowest BCUT2D eigenvalue weighted by molar-refractivity contribution is 0.0693. The fourth-order valence-electron chi connectivity index (χ4n) is 2.78. The molecule has 0 aromatic heterocycles. The predicted octanol–water partition coefficient (Wildman–Crippen LogP) is 3.60. The van der Waals surface area contributed by atoms with Gasteiger partial charge in [0, 0.05) is 6.42 Å². The molecule has 1 N–H and O–H groups in total. The van der Waals surface area contributed by atoms with Crippen LogP contribution in [0.15, 0.2) is 30.3 Å². The van der Waals surface area contributed by atoms with Gasteiger partial charge in [0.25, 0.3) is 0 Å². The van der Waals surface area contributed by atoms with Gasteiger partial charge in [-0.15, -0.1) is 0 Å². The van der Waals surface area contributed by atoms with E-state index in [0.717, 1.165) is 23.1 Å². The minimum atomic E-state index is -0.936. The number of aromatic carboxylic acids is 1. The van der Waals surface area contributed by atoms with Crippen LogP contribution in [0.3, 0.4) is 0 Å². The zero-order valence-electron chi connectivity index (χ0n) is 11.6. The fraction of sp³-hybridized carbons (Fsp3) is 0.235. The van der Waals surface area contributed by atoms with Crippen molar-refractivity contribution in [1.29, 1.82) is 0 Å². The maximum atomic E-state index is 11.4. The van der Waals surface area contributed by atoms with Crippen LogP contribution in [-0.4, -0.2) is 17.7 Å². The molecule has 102 valence electrons. The van der Waals surface area contributed by atoms with E-state index in [1.54, 1.807) is 6.07 Å². The second kappa shape index (κ2) is 4.67. The van der Waals surface area contributed by atoms with Gasteiger partial charge in [0.2, 0.25) is 0 Å². The second-order valence-corrected chi connectivity index (χ2v) is 5.29. The van der Waals surface area contributed by atoms with E-state index in [-0.39, 0.29) is 5.56 Å². The van der Waals surface area contributed by atoms with Crippen LogP contribution in [-0.2, 0) is 6.42 Å². The van der Waals surface area contributed by atoms with Gasteiger partial charge in [-0.3, -0.25) is 0 Å². The van der Waals surface area contributed by atoms with Gasteiger partial charge >= 0.3 is 5.97 Å². The molecule has 0 fully saturated rings. The quantitative estimate of drug-likeness (QED) is 0.905. The van der Waals surface area contributed by atoms with Crippen molar-refractivity contribution < 1.29 is 14.6 Å². The van der Waals surface area contributed by atoms with Gasteiger partial charge in [-0.25, -0.2) is 4.79 Å². The molecule has 0 atom stereocenters. The highest BCUT2D eigenvalue weighted by Gasteiger charge is 2.22. The van der Waals surface area contributed by atoms with E-state index in [9.17, 15) is 9.90 Å². The molecule has 0 saturated heterocycles. The number of fused-ring (bicyclic) bond motifs is 1. The molecule has 1 aliphatic heterocycles. The summed E-state index contributed by atoms with van der Waals surface area (Å²) in [4.78, 5) is 11.4. The monoisotopic (exact) mass is 268 g/mol. The normalized spacial score (nSPS) is 12.9. The molecule has 0 amide bonds. The van der Waals surface area contributed by atoms with Crippen molar-refractivity contribution >= 4 is 5.97 Å². The molecule has 1 heterocycles. The topological polar surface area (TPSA) is 46.5 Å². The molecule has 3 rings (SSSR count). The van der Waals surface area contributed by atoms with E-state index >= 15 is 0 Å². The minimum absolute atomic E-state index is 0.258. The Balaban J connectivity index is 2.19. The molecule has 3 nitrogen and oxygen atoms in total. The Labute approximate surface area is 117 Å². The van der Waals surface area contributed by atoms with Gasteiger partial charge < -0.3 is 9.84 Å². The van der Waals surface area contributed by atoms with Crippen molar-refractivity contribution in [3.8, 4) is 16.9 Å². The average molecular weight is 268 g/mol. The maximum absolute atomic E-state index is 11.4. The van der Waals surface area contributed by atoms with Crippen LogP contribution in [0.5, 0.6) is 5.75 Å². The van der Waals surface area contributed by atoms with Gasteiger partial charge in [0.15, 0.2) is 0 Å². The van der Waals surface area contributed by atoms with Crippen LogP contribution in [0.2, 0.25) is 0 Å². The fourth-order valence-corrected chi connectivity index (χ4v) is 2.78. The van der Waals surface area contributed by atoms with Crippen LogP contribution < -0.4 is 4.74 Å². The zero-order valence-corrected chi connectivity index (χ0v) is 11.6. The van der Waals surface area contributed by atoms with Crippen molar-refractivity contribution in [2.45, 2.75) is 20.3 Å². The smallest absolute Gasteiger partial charge is 0.339 e. The third-order valence-electron chi connectivity index (χ3n) is 3.57. The number of carboxylic acid groups (broad SMARTS) is 1. The lowest BCUT2D eigenvalue weighted by atomic mass is 9.96. The number of carbonyl (C=O) groups is 1. The number of carboxylic acids is 1. The Kier molecular flexibility index (Phi) is 2.97. The van der Waals surface area contributed by atoms with Crippen molar-refractivity contribution in [3.63, 3.8) is 0 Å². The SMILES string of the molecule is Cc1cc(C)cc(-c2cc3c(c(C(=O)O)c2)OCC3)c1. The van der Waals surface area contributed by atoms with E-state index in [1.807, 2.05) is 19.9 Å². The Hall–Kier alpha value is -2.29.